The Morgan fingerprint density at radius 3 is 2.50 bits per heavy atom. The molecule has 0 atom stereocenters. The minimum atomic E-state index is -0.266. The summed E-state index contributed by atoms with van der Waals surface area (Å²) in [6, 6.07) is 6.28. The number of carbonyl (C=O) groups excluding carboxylic acids is 2. The Labute approximate surface area is 142 Å². The third kappa shape index (κ3) is 5.92. The molecule has 1 aromatic rings. The molecule has 0 saturated carbocycles. The van der Waals surface area contributed by atoms with Crippen LogP contribution in [-0.4, -0.2) is 49.6 Å². The summed E-state index contributed by atoms with van der Waals surface area (Å²) in [5.41, 5.74) is 0.980. The van der Waals surface area contributed by atoms with E-state index < -0.39 is 0 Å². The van der Waals surface area contributed by atoms with Gasteiger partial charge in [-0.25, -0.2) is 4.39 Å². The van der Waals surface area contributed by atoms with Crippen LogP contribution >= 0.6 is 0 Å². The summed E-state index contributed by atoms with van der Waals surface area (Å²) in [7, 11) is 0. The van der Waals surface area contributed by atoms with Gasteiger partial charge in [-0.05, 0) is 37.0 Å². The third-order valence-corrected chi connectivity index (χ3v) is 4.30. The van der Waals surface area contributed by atoms with Gasteiger partial charge in [-0.15, -0.1) is 0 Å². The van der Waals surface area contributed by atoms with Crippen molar-refractivity contribution in [2.45, 2.75) is 26.2 Å². The first-order chi connectivity index (χ1) is 11.6. The van der Waals surface area contributed by atoms with E-state index in [0.717, 1.165) is 18.4 Å². The summed E-state index contributed by atoms with van der Waals surface area (Å²) in [4.78, 5) is 25.5. The van der Waals surface area contributed by atoms with Crippen LogP contribution in [0, 0.1) is 11.7 Å². The van der Waals surface area contributed by atoms with Crippen LogP contribution in [-0.2, 0) is 20.7 Å². The molecular weight excluding hydrogens is 311 g/mol. The number of amides is 2. The number of nitrogens with one attached hydrogen (secondary N) is 1. The van der Waals surface area contributed by atoms with E-state index in [1.54, 1.807) is 17.0 Å². The highest BCUT2D eigenvalue weighted by atomic mass is 19.1. The smallest absolute Gasteiger partial charge is 0.223 e. The van der Waals surface area contributed by atoms with Crippen LogP contribution in [0.3, 0.4) is 0 Å². The van der Waals surface area contributed by atoms with Crippen molar-refractivity contribution >= 4 is 11.8 Å². The van der Waals surface area contributed by atoms with Gasteiger partial charge in [0, 0.05) is 45.7 Å². The van der Waals surface area contributed by atoms with Crippen LogP contribution in [0.2, 0.25) is 0 Å². The first-order valence-corrected chi connectivity index (χ1v) is 8.41. The maximum absolute atomic E-state index is 12.9. The highest BCUT2D eigenvalue weighted by Crippen LogP contribution is 2.14. The lowest BCUT2D eigenvalue weighted by molar-refractivity contribution is -0.131. The number of benzene rings is 1. The fourth-order valence-corrected chi connectivity index (χ4v) is 2.76. The summed E-state index contributed by atoms with van der Waals surface area (Å²) >= 11 is 0. The van der Waals surface area contributed by atoms with Crippen LogP contribution in [0.5, 0.6) is 0 Å². The normalized spacial score (nSPS) is 15.1. The maximum atomic E-state index is 12.9. The molecule has 0 radical (unpaired) electrons. The highest BCUT2D eigenvalue weighted by Gasteiger charge is 2.21. The second-order valence-electron chi connectivity index (χ2n) is 6.06. The van der Waals surface area contributed by atoms with E-state index in [1.165, 1.54) is 19.1 Å². The molecule has 2 rings (SSSR count). The first kappa shape index (κ1) is 18.4. The Morgan fingerprint density at radius 2 is 1.88 bits per heavy atom. The molecule has 1 aliphatic heterocycles. The molecule has 132 valence electrons. The van der Waals surface area contributed by atoms with Crippen LogP contribution in [0.25, 0.3) is 0 Å². The molecular formula is C18H25FN2O3. The van der Waals surface area contributed by atoms with Crippen molar-refractivity contribution < 1.29 is 18.7 Å². The summed E-state index contributed by atoms with van der Waals surface area (Å²) in [5, 5.41) is 2.91. The second-order valence-corrected chi connectivity index (χ2v) is 6.06. The van der Waals surface area contributed by atoms with Gasteiger partial charge in [0.1, 0.15) is 5.82 Å². The molecule has 1 aliphatic rings. The lowest BCUT2D eigenvalue weighted by Crippen LogP contribution is -2.41. The molecule has 0 spiro atoms. The molecule has 2 amide bonds. The maximum Gasteiger partial charge on any atom is 0.223 e. The van der Waals surface area contributed by atoms with E-state index in [1.807, 2.05) is 0 Å². The minimum absolute atomic E-state index is 0.0174. The van der Waals surface area contributed by atoms with Crippen molar-refractivity contribution in [2.75, 3.05) is 32.8 Å². The number of nitrogens with zero attached hydrogens (tertiary/aromatic N) is 1. The molecule has 1 aromatic carbocycles. The largest absolute Gasteiger partial charge is 0.381 e. The number of hydrogen-bond acceptors (Lipinski definition) is 3. The number of carbonyl (C=O) groups is 2. The van der Waals surface area contributed by atoms with Gasteiger partial charge in [0.25, 0.3) is 0 Å². The zero-order valence-electron chi connectivity index (χ0n) is 14.1. The van der Waals surface area contributed by atoms with Gasteiger partial charge in [0.05, 0.1) is 0 Å². The molecule has 1 fully saturated rings. The topological polar surface area (TPSA) is 58.6 Å². The molecule has 24 heavy (non-hydrogen) atoms. The van der Waals surface area contributed by atoms with Gasteiger partial charge in [-0.1, -0.05) is 12.1 Å². The van der Waals surface area contributed by atoms with Crippen molar-refractivity contribution in [1.29, 1.82) is 0 Å². The van der Waals surface area contributed by atoms with Crippen molar-refractivity contribution in [3.8, 4) is 0 Å². The van der Waals surface area contributed by atoms with Crippen LogP contribution in [0.1, 0.15) is 25.3 Å². The van der Waals surface area contributed by atoms with Crippen molar-refractivity contribution in [3.63, 3.8) is 0 Å². The first-order valence-electron chi connectivity index (χ1n) is 8.41. The van der Waals surface area contributed by atoms with Gasteiger partial charge >= 0.3 is 0 Å². The average Bonchev–Trinajstić information content (AvgIpc) is 2.59. The van der Waals surface area contributed by atoms with Gasteiger partial charge in [-0.2, -0.15) is 0 Å². The quantitative estimate of drug-likeness (QED) is 0.825. The number of hydrogen-bond donors (Lipinski definition) is 1. The summed E-state index contributed by atoms with van der Waals surface area (Å²) in [6.07, 6.45) is 2.17. The fourth-order valence-electron chi connectivity index (χ4n) is 2.76. The standard InChI is InChI=1S/C18H25FN2O3/c1-14(22)21(10-6-15-2-4-17(19)5-3-15)11-9-20-18(23)16-7-12-24-13-8-16/h2-5,16H,6-13H2,1H3,(H,20,23). The van der Waals surface area contributed by atoms with Gasteiger partial charge in [0.15, 0.2) is 0 Å². The highest BCUT2D eigenvalue weighted by molar-refractivity contribution is 5.78. The second kappa shape index (κ2) is 9.37. The van der Waals surface area contributed by atoms with Gasteiger partial charge in [0.2, 0.25) is 11.8 Å². The van der Waals surface area contributed by atoms with Crippen molar-refractivity contribution in [1.82, 2.24) is 10.2 Å². The van der Waals surface area contributed by atoms with Crippen LogP contribution in [0.4, 0.5) is 4.39 Å². The molecule has 5 nitrogen and oxygen atoms in total. The zero-order chi connectivity index (χ0) is 17.4. The molecule has 1 saturated heterocycles. The number of halogens is 1. The SMILES string of the molecule is CC(=O)N(CCNC(=O)C1CCOCC1)CCc1ccc(F)cc1. The van der Waals surface area contributed by atoms with E-state index in [9.17, 15) is 14.0 Å². The van der Waals surface area contributed by atoms with E-state index in [4.69, 9.17) is 4.74 Å². The summed E-state index contributed by atoms with van der Waals surface area (Å²) in [6.45, 7) is 4.26. The van der Waals surface area contributed by atoms with E-state index >= 15 is 0 Å². The van der Waals surface area contributed by atoms with Crippen molar-refractivity contribution in [3.05, 3.63) is 35.6 Å². The molecule has 1 heterocycles. The molecule has 1 N–H and O–H groups in total. The zero-order valence-corrected chi connectivity index (χ0v) is 14.1. The lowest BCUT2D eigenvalue weighted by Gasteiger charge is -2.24. The Morgan fingerprint density at radius 1 is 1.21 bits per heavy atom. The Balaban J connectivity index is 1.73. The predicted molar refractivity (Wildman–Crippen MR) is 88.9 cm³/mol. The van der Waals surface area contributed by atoms with Crippen LogP contribution < -0.4 is 5.32 Å². The van der Waals surface area contributed by atoms with E-state index in [-0.39, 0.29) is 23.5 Å². The molecule has 0 aromatic heterocycles. The number of rotatable bonds is 7. The van der Waals surface area contributed by atoms with Gasteiger partial charge in [-0.3, -0.25) is 9.59 Å². The molecule has 6 heteroatoms. The monoisotopic (exact) mass is 336 g/mol. The fraction of sp³-hybridized carbons (Fsp3) is 0.556. The Bertz CT molecular complexity index is 542. The van der Waals surface area contributed by atoms with Gasteiger partial charge < -0.3 is 15.0 Å². The van der Waals surface area contributed by atoms with E-state index in [2.05, 4.69) is 5.32 Å². The van der Waals surface area contributed by atoms with Crippen molar-refractivity contribution in [2.24, 2.45) is 5.92 Å². The molecule has 0 aliphatic carbocycles. The van der Waals surface area contributed by atoms with Crippen LogP contribution in [0.15, 0.2) is 24.3 Å². The minimum Gasteiger partial charge on any atom is -0.381 e. The summed E-state index contributed by atoms with van der Waals surface area (Å²) < 4.78 is 18.1. The Hall–Kier alpha value is -1.95. The third-order valence-electron chi connectivity index (χ3n) is 4.30. The molecule has 0 unspecified atom stereocenters. The molecule has 0 bridgehead atoms. The number of ether oxygens (including phenoxy) is 1. The van der Waals surface area contributed by atoms with E-state index in [0.29, 0.717) is 39.3 Å². The average molecular weight is 336 g/mol. The summed E-state index contributed by atoms with van der Waals surface area (Å²) in [5.74, 6) is -0.237. The Kier molecular flexibility index (Phi) is 7.18. The lowest BCUT2D eigenvalue weighted by atomic mass is 9.99. The predicted octanol–water partition coefficient (Wildman–Crippen LogP) is 1.76.